The Morgan fingerprint density at radius 1 is 1.43 bits per heavy atom. The molecule has 0 aromatic heterocycles. The van der Waals surface area contributed by atoms with Crippen LogP contribution in [-0.2, 0) is 11.2 Å². The number of aliphatic carboxylic acids is 1. The van der Waals surface area contributed by atoms with E-state index in [-0.39, 0.29) is 19.0 Å². The van der Waals surface area contributed by atoms with Gasteiger partial charge in [0.25, 0.3) is 0 Å². The molecule has 0 fully saturated rings. The van der Waals surface area contributed by atoms with Crippen LogP contribution in [0.4, 0.5) is 10.5 Å². The van der Waals surface area contributed by atoms with Crippen molar-refractivity contribution in [2.45, 2.75) is 32.3 Å². The molecule has 3 N–H and O–H groups in total. The number of fused-ring (bicyclic) bond motifs is 1. The van der Waals surface area contributed by atoms with Crippen molar-refractivity contribution in [3.05, 3.63) is 29.3 Å². The first-order chi connectivity index (χ1) is 9.99. The highest BCUT2D eigenvalue weighted by molar-refractivity contribution is 5.93. The second-order valence-electron chi connectivity index (χ2n) is 5.26. The third-order valence-corrected chi connectivity index (χ3v) is 3.58. The fraction of sp³-hybridized carbons (Fsp3) is 0.467. The van der Waals surface area contributed by atoms with Crippen molar-refractivity contribution in [2.75, 3.05) is 18.0 Å². The Hall–Kier alpha value is -2.08. The lowest BCUT2D eigenvalue weighted by molar-refractivity contribution is -0.146. The van der Waals surface area contributed by atoms with Crippen LogP contribution >= 0.6 is 0 Å². The summed E-state index contributed by atoms with van der Waals surface area (Å²) < 4.78 is 0. The summed E-state index contributed by atoms with van der Waals surface area (Å²) in [4.78, 5) is 24.4. The largest absolute Gasteiger partial charge is 0.479 e. The average Bonchev–Trinajstić information content (AvgIpc) is 2.45. The number of nitrogens with zero attached hydrogens (tertiary/aromatic N) is 1. The minimum atomic E-state index is -1.44. The van der Waals surface area contributed by atoms with Gasteiger partial charge in [0.05, 0.1) is 0 Å². The summed E-state index contributed by atoms with van der Waals surface area (Å²) in [5.41, 5.74) is 3.23. The predicted octanol–water partition coefficient (Wildman–Crippen LogP) is 1.29. The van der Waals surface area contributed by atoms with Crippen LogP contribution in [0.2, 0.25) is 0 Å². The fourth-order valence-corrected chi connectivity index (χ4v) is 2.47. The number of aliphatic hydroxyl groups excluding tert-OH is 1. The van der Waals surface area contributed by atoms with Gasteiger partial charge < -0.3 is 15.5 Å². The van der Waals surface area contributed by atoms with Gasteiger partial charge in [0, 0.05) is 25.2 Å². The number of carbonyl (C=O) groups is 2. The molecule has 1 aliphatic rings. The summed E-state index contributed by atoms with van der Waals surface area (Å²) >= 11 is 0. The second-order valence-corrected chi connectivity index (χ2v) is 5.26. The van der Waals surface area contributed by atoms with Crippen LogP contribution in [0.25, 0.3) is 0 Å². The molecule has 1 aromatic carbocycles. The molecule has 1 unspecified atom stereocenters. The fourth-order valence-electron chi connectivity index (χ4n) is 2.47. The van der Waals surface area contributed by atoms with E-state index in [0.29, 0.717) is 6.54 Å². The molecule has 1 heterocycles. The number of carbonyl (C=O) groups excluding carboxylic acids is 1. The number of hydrogen-bond acceptors (Lipinski definition) is 3. The summed E-state index contributed by atoms with van der Waals surface area (Å²) in [7, 11) is 0. The maximum atomic E-state index is 12.2. The van der Waals surface area contributed by atoms with E-state index in [2.05, 4.69) is 11.4 Å². The van der Waals surface area contributed by atoms with Crippen LogP contribution in [0.3, 0.4) is 0 Å². The standard InChI is InChI=1S/C15H20N2O4/c1-10-4-5-12-11(9-10)3-2-8-17(12)15(21)16-7-6-13(18)14(19)20/h4-5,9,13,18H,2-3,6-8H2,1H3,(H,16,21)(H,19,20). The van der Waals surface area contributed by atoms with Gasteiger partial charge in [-0.25, -0.2) is 9.59 Å². The Kier molecular flexibility index (Phi) is 4.80. The Bertz CT molecular complexity index is 544. The lowest BCUT2D eigenvalue weighted by atomic mass is 10.00. The average molecular weight is 292 g/mol. The van der Waals surface area contributed by atoms with E-state index in [0.717, 1.165) is 24.1 Å². The first kappa shape index (κ1) is 15.3. The van der Waals surface area contributed by atoms with E-state index in [1.807, 2.05) is 19.1 Å². The number of aliphatic hydroxyl groups is 1. The number of amides is 2. The molecule has 1 aromatic rings. The maximum absolute atomic E-state index is 12.2. The molecule has 6 heteroatoms. The molecular weight excluding hydrogens is 272 g/mol. The highest BCUT2D eigenvalue weighted by Crippen LogP contribution is 2.27. The van der Waals surface area contributed by atoms with Crippen LogP contribution < -0.4 is 10.2 Å². The minimum absolute atomic E-state index is 0.00430. The molecule has 2 amide bonds. The van der Waals surface area contributed by atoms with Gasteiger partial charge in [-0.3, -0.25) is 4.90 Å². The molecule has 0 spiro atoms. The van der Waals surface area contributed by atoms with E-state index in [1.165, 1.54) is 5.56 Å². The number of aryl methyl sites for hydroxylation is 2. The summed E-state index contributed by atoms with van der Waals surface area (Å²) in [6.45, 7) is 2.79. The van der Waals surface area contributed by atoms with Gasteiger partial charge >= 0.3 is 12.0 Å². The van der Waals surface area contributed by atoms with E-state index >= 15 is 0 Å². The van der Waals surface area contributed by atoms with Gasteiger partial charge in [-0.15, -0.1) is 0 Å². The predicted molar refractivity (Wildman–Crippen MR) is 78.5 cm³/mol. The molecule has 0 radical (unpaired) electrons. The molecule has 0 saturated heterocycles. The summed E-state index contributed by atoms with van der Waals surface area (Å²) in [5.74, 6) is -1.27. The normalized spacial score (nSPS) is 15.2. The third kappa shape index (κ3) is 3.72. The van der Waals surface area contributed by atoms with Crippen LogP contribution in [0.5, 0.6) is 0 Å². The van der Waals surface area contributed by atoms with Gasteiger partial charge in [-0.05, 0) is 31.4 Å². The van der Waals surface area contributed by atoms with Crippen molar-refractivity contribution in [3.63, 3.8) is 0 Å². The second kappa shape index (κ2) is 6.58. The zero-order chi connectivity index (χ0) is 15.4. The summed E-state index contributed by atoms with van der Waals surface area (Å²) in [6, 6.07) is 5.74. The van der Waals surface area contributed by atoms with E-state index < -0.39 is 12.1 Å². The Morgan fingerprint density at radius 2 is 2.19 bits per heavy atom. The van der Waals surface area contributed by atoms with Crippen LogP contribution in [0, 0.1) is 6.92 Å². The number of hydrogen-bond donors (Lipinski definition) is 3. The number of benzene rings is 1. The lowest BCUT2D eigenvalue weighted by Gasteiger charge is -2.30. The van der Waals surface area contributed by atoms with Crippen molar-refractivity contribution in [1.29, 1.82) is 0 Å². The van der Waals surface area contributed by atoms with Gasteiger partial charge in [0.1, 0.15) is 0 Å². The summed E-state index contributed by atoms with van der Waals surface area (Å²) in [5, 5.41) is 20.4. The number of urea groups is 1. The number of anilines is 1. The summed E-state index contributed by atoms with van der Waals surface area (Å²) in [6.07, 6.45) is 0.414. The van der Waals surface area contributed by atoms with Gasteiger partial charge in [-0.2, -0.15) is 0 Å². The zero-order valence-corrected chi connectivity index (χ0v) is 12.0. The molecule has 114 valence electrons. The molecule has 0 saturated carbocycles. The molecular formula is C15H20N2O4. The quantitative estimate of drug-likeness (QED) is 0.780. The Morgan fingerprint density at radius 3 is 2.90 bits per heavy atom. The Balaban J connectivity index is 1.97. The number of rotatable bonds is 4. The maximum Gasteiger partial charge on any atom is 0.332 e. The lowest BCUT2D eigenvalue weighted by Crippen LogP contribution is -2.44. The van der Waals surface area contributed by atoms with E-state index in [9.17, 15) is 14.7 Å². The first-order valence-corrected chi connectivity index (χ1v) is 7.05. The first-order valence-electron chi connectivity index (χ1n) is 7.05. The number of nitrogens with one attached hydrogen (secondary N) is 1. The van der Waals surface area contributed by atoms with Crippen molar-refractivity contribution < 1.29 is 19.8 Å². The highest BCUT2D eigenvalue weighted by atomic mass is 16.4. The molecule has 21 heavy (non-hydrogen) atoms. The molecule has 2 rings (SSSR count). The van der Waals surface area contributed by atoms with Gasteiger partial charge in [0.15, 0.2) is 6.10 Å². The molecule has 6 nitrogen and oxygen atoms in total. The number of carboxylic acids is 1. The molecule has 0 bridgehead atoms. The van der Waals surface area contributed by atoms with Crippen molar-refractivity contribution in [2.24, 2.45) is 0 Å². The molecule has 1 atom stereocenters. The van der Waals surface area contributed by atoms with Crippen LogP contribution in [-0.4, -0.2) is 41.4 Å². The van der Waals surface area contributed by atoms with Crippen LogP contribution in [0.1, 0.15) is 24.0 Å². The smallest absolute Gasteiger partial charge is 0.332 e. The van der Waals surface area contributed by atoms with Crippen molar-refractivity contribution >= 4 is 17.7 Å². The molecule has 0 aliphatic carbocycles. The number of carboxylic acid groups (broad SMARTS) is 1. The van der Waals surface area contributed by atoms with Gasteiger partial charge in [0.2, 0.25) is 0 Å². The minimum Gasteiger partial charge on any atom is -0.479 e. The zero-order valence-electron chi connectivity index (χ0n) is 12.0. The molecule has 1 aliphatic heterocycles. The van der Waals surface area contributed by atoms with E-state index in [1.54, 1.807) is 4.90 Å². The highest BCUT2D eigenvalue weighted by Gasteiger charge is 2.22. The van der Waals surface area contributed by atoms with Gasteiger partial charge in [-0.1, -0.05) is 17.7 Å². The topological polar surface area (TPSA) is 89.9 Å². The SMILES string of the molecule is Cc1ccc2c(c1)CCCN2C(=O)NCCC(O)C(=O)O. The monoisotopic (exact) mass is 292 g/mol. The van der Waals surface area contributed by atoms with Crippen LogP contribution in [0.15, 0.2) is 18.2 Å². The Labute approximate surface area is 123 Å². The third-order valence-electron chi connectivity index (χ3n) is 3.58. The van der Waals surface area contributed by atoms with E-state index in [4.69, 9.17) is 5.11 Å². The van der Waals surface area contributed by atoms with Crippen molar-refractivity contribution in [1.82, 2.24) is 5.32 Å². The van der Waals surface area contributed by atoms with Crippen molar-refractivity contribution in [3.8, 4) is 0 Å².